The van der Waals surface area contributed by atoms with E-state index >= 15 is 0 Å². The maximum absolute atomic E-state index is 11.0. The number of aliphatic carboxylic acids is 1. The van der Waals surface area contributed by atoms with Gasteiger partial charge in [0.25, 0.3) is 0 Å². The van der Waals surface area contributed by atoms with Gasteiger partial charge in [-0.3, -0.25) is 4.79 Å². The van der Waals surface area contributed by atoms with Crippen LogP contribution in [0.25, 0.3) is 0 Å². The standard InChI is InChI=1S/C13H15NO3/c1-9-5-6-10(2)14(9)11(8-13(15)16)12-4-3-7-17-12/h3-7,11H,8H2,1-2H3,(H,15,16). The maximum Gasteiger partial charge on any atom is 0.305 e. The SMILES string of the molecule is Cc1ccc(C)n1C(CC(=O)O)c1ccco1. The molecule has 0 radical (unpaired) electrons. The molecule has 4 heteroatoms. The zero-order chi connectivity index (χ0) is 12.4. The van der Waals surface area contributed by atoms with Crippen LogP contribution in [0.15, 0.2) is 34.9 Å². The van der Waals surface area contributed by atoms with Gasteiger partial charge in [0, 0.05) is 11.4 Å². The number of hydrogen-bond donors (Lipinski definition) is 1. The third kappa shape index (κ3) is 2.25. The Balaban J connectivity index is 2.44. The number of carboxylic acid groups (broad SMARTS) is 1. The number of carboxylic acids is 1. The summed E-state index contributed by atoms with van der Waals surface area (Å²) >= 11 is 0. The van der Waals surface area contributed by atoms with Crippen molar-refractivity contribution >= 4 is 5.97 Å². The summed E-state index contributed by atoms with van der Waals surface area (Å²) in [5, 5.41) is 9.01. The molecule has 0 saturated heterocycles. The molecule has 1 N–H and O–H groups in total. The Morgan fingerprint density at radius 3 is 2.47 bits per heavy atom. The Hall–Kier alpha value is -1.97. The zero-order valence-corrected chi connectivity index (χ0v) is 9.88. The molecule has 1 unspecified atom stereocenters. The first kappa shape index (κ1) is 11.5. The summed E-state index contributed by atoms with van der Waals surface area (Å²) in [6, 6.07) is 7.27. The molecule has 90 valence electrons. The molecular formula is C13H15NO3. The first-order chi connectivity index (χ1) is 8.09. The highest BCUT2D eigenvalue weighted by Gasteiger charge is 2.22. The molecule has 0 aliphatic carbocycles. The van der Waals surface area contributed by atoms with Crippen LogP contribution in [0.3, 0.4) is 0 Å². The van der Waals surface area contributed by atoms with Crippen LogP contribution in [0.4, 0.5) is 0 Å². The molecule has 0 aliphatic rings. The van der Waals surface area contributed by atoms with Gasteiger partial charge < -0.3 is 14.1 Å². The number of furan rings is 1. The average molecular weight is 233 g/mol. The lowest BCUT2D eigenvalue weighted by molar-refractivity contribution is -0.137. The quantitative estimate of drug-likeness (QED) is 0.883. The summed E-state index contributed by atoms with van der Waals surface area (Å²) in [7, 11) is 0. The van der Waals surface area contributed by atoms with Crippen molar-refractivity contribution in [2.24, 2.45) is 0 Å². The van der Waals surface area contributed by atoms with E-state index in [1.807, 2.05) is 36.6 Å². The summed E-state index contributed by atoms with van der Waals surface area (Å²) in [4.78, 5) is 11.0. The van der Waals surface area contributed by atoms with E-state index in [2.05, 4.69) is 0 Å². The van der Waals surface area contributed by atoms with Crippen LogP contribution in [-0.4, -0.2) is 15.6 Å². The second-order valence-corrected chi connectivity index (χ2v) is 4.12. The van der Waals surface area contributed by atoms with Crippen LogP contribution in [0.2, 0.25) is 0 Å². The average Bonchev–Trinajstić information content (AvgIpc) is 2.86. The van der Waals surface area contributed by atoms with Crippen LogP contribution in [0.1, 0.15) is 29.6 Å². The van der Waals surface area contributed by atoms with E-state index < -0.39 is 5.97 Å². The van der Waals surface area contributed by atoms with Crippen molar-refractivity contribution in [3.8, 4) is 0 Å². The highest BCUT2D eigenvalue weighted by Crippen LogP contribution is 2.26. The number of rotatable bonds is 4. The van der Waals surface area contributed by atoms with Gasteiger partial charge in [-0.2, -0.15) is 0 Å². The summed E-state index contributed by atoms with van der Waals surface area (Å²) in [5.74, 6) is -0.159. The first-order valence-corrected chi connectivity index (χ1v) is 5.49. The smallest absolute Gasteiger partial charge is 0.305 e. The van der Waals surface area contributed by atoms with Crippen molar-refractivity contribution in [3.05, 3.63) is 47.7 Å². The van der Waals surface area contributed by atoms with Crippen LogP contribution >= 0.6 is 0 Å². The minimum atomic E-state index is -0.834. The molecule has 0 fully saturated rings. The minimum absolute atomic E-state index is 0.0177. The van der Waals surface area contributed by atoms with Crippen molar-refractivity contribution in [1.29, 1.82) is 0 Å². The summed E-state index contributed by atoms with van der Waals surface area (Å²) < 4.78 is 7.34. The second-order valence-electron chi connectivity index (χ2n) is 4.12. The molecule has 0 aromatic carbocycles. The highest BCUT2D eigenvalue weighted by atomic mass is 16.4. The molecule has 0 amide bonds. The van der Waals surface area contributed by atoms with Gasteiger partial charge in [0.05, 0.1) is 12.7 Å². The first-order valence-electron chi connectivity index (χ1n) is 5.49. The van der Waals surface area contributed by atoms with E-state index in [9.17, 15) is 4.79 Å². The largest absolute Gasteiger partial charge is 0.481 e. The summed E-state index contributed by atoms with van der Waals surface area (Å²) in [5.41, 5.74) is 2.07. The molecule has 0 saturated carbocycles. The van der Waals surface area contributed by atoms with Crippen molar-refractivity contribution in [2.75, 3.05) is 0 Å². The lowest BCUT2D eigenvalue weighted by Gasteiger charge is -2.19. The number of aryl methyl sites for hydroxylation is 2. The lowest BCUT2D eigenvalue weighted by Crippen LogP contribution is -2.16. The van der Waals surface area contributed by atoms with Crippen molar-refractivity contribution in [2.45, 2.75) is 26.3 Å². The van der Waals surface area contributed by atoms with E-state index in [0.29, 0.717) is 5.76 Å². The number of aromatic nitrogens is 1. The molecule has 0 spiro atoms. The van der Waals surface area contributed by atoms with Crippen molar-refractivity contribution in [1.82, 2.24) is 4.57 Å². The highest BCUT2D eigenvalue weighted by molar-refractivity contribution is 5.67. The van der Waals surface area contributed by atoms with Gasteiger partial charge in [-0.05, 0) is 38.1 Å². The molecule has 0 aliphatic heterocycles. The van der Waals surface area contributed by atoms with Gasteiger partial charge in [0.2, 0.25) is 0 Å². The number of nitrogens with zero attached hydrogens (tertiary/aromatic N) is 1. The van der Waals surface area contributed by atoms with Gasteiger partial charge in [-0.1, -0.05) is 0 Å². The molecule has 2 aromatic rings. The monoisotopic (exact) mass is 233 g/mol. The van der Waals surface area contributed by atoms with E-state index in [1.165, 1.54) is 0 Å². The zero-order valence-electron chi connectivity index (χ0n) is 9.88. The second kappa shape index (κ2) is 4.49. The predicted molar refractivity (Wildman–Crippen MR) is 63.0 cm³/mol. The fraction of sp³-hybridized carbons (Fsp3) is 0.308. The normalized spacial score (nSPS) is 12.6. The fourth-order valence-electron chi connectivity index (χ4n) is 2.14. The van der Waals surface area contributed by atoms with E-state index in [1.54, 1.807) is 12.3 Å². The third-order valence-electron chi connectivity index (χ3n) is 2.88. The van der Waals surface area contributed by atoms with Crippen LogP contribution < -0.4 is 0 Å². The number of hydrogen-bond acceptors (Lipinski definition) is 2. The van der Waals surface area contributed by atoms with Gasteiger partial charge in [-0.25, -0.2) is 0 Å². The molecule has 17 heavy (non-hydrogen) atoms. The Morgan fingerprint density at radius 2 is 2.00 bits per heavy atom. The fourth-order valence-corrected chi connectivity index (χ4v) is 2.14. The van der Waals surface area contributed by atoms with Crippen LogP contribution in [-0.2, 0) is 4.79 Å². The topological polar surface area (TPSA) is 55.4 Å². The third-order valence-corrected chi connectivity index (χ3v) is 2.88. The van der Waals surface area contributed by atoms with E-state index in [4.69, 9.17) is 9.52 Å². The Labute approximate surface area is 99.5 Å². The lowest BCUT2D eigenvalue weighted by atomic mass is 10.1. The predicted octanol–water partition coefficient (Wildman–Crippen LogP) is 2.76. The van der Waals surface area contributed by atoms with Gasteiger partial charge in [0.1, 0.15) is 11.8 Å². The molecule has 2 aromatic heterocycles. The molecule has 2 heterocycles. The van der Waals surface area contributed by atoms with Crippen LogP contribution in [0, 0.1) is 13.8 Å². The molecule has 1 atom stereocenters. The Morgan fingerprint density at radius 1 is 1.35 bits per heavy atom. The van der Waals surface area contributed by atoms with Crippen molar-refractivity contribution < 1.29 is 14.3 Å². The minimum Gasteiger partial charge on any atom is -0.481 e. The van der Waals surface area contributed by atoms with Gasteiger partial charge in [-0.15, -0.1) is 0 Å². The van der Waals surface area contributed by atoms with E-state index in [0.717, 1.165) is 11.4 Å². The van der Waals surface area contributed by atoms with Gasteiger partial charge in [0.15, 0.2) is 0 Å². The molecule has 2 rings (SSSR count). The number of carbonyl (C=O) groups is 1. The van der Waals surface area contributed by atoms with Gasteiger partial charge >= 0.3 is 5.97 Å². The molecular weight excluding hydrogens is 218 g/mol. The van der Waals surface area contributed by atoms with Crippen molar-refractivity contribution in [3.63, 3.8) is 0 Å². The van der Waals surface area contributed by atoms with E-state index in [-0.39, 0.29) is 12.5 Å². The Kier molecular flexibility index (Phi) is 3.04. The summed E-state index contributed by atoms with van der Waals surface area (Å²) in [6.07, 6.45) is 1.59. The van der Waals surface area contributed by atoms with Crippen LogP contribution in [0.5, 0.6) is 0 Å². The summed E-state index contributed by atoms with van der Waals surface area (Å²) in [6.45, 7) is 3.93. The Bertz CT molecular complexity index is 491. The molecule has 0 bridgehead atoms. The maximum atomic E-state index is 11.0. The molecule has 4 nitrogen and oxygen atoms in total.